The third-order valence-electron chi connectivity index (χ3n) is 2.51. The predicted octanol–water partition coefficient (Wildman–Crippen LogP) is 3.40. The van der Waals surface area contributed by atoms with Crippen molar-refractivity contribution in [2.45, 2.75) is 26.8 Å². The van der Waals surface area contributed by atoms with E-state index in [4.69, 9.17) is 11.6 Å². The molecule has 1 aromatic heterocycles. The highest BCUT2D eigenvalue weighted by Gasteiger charge is 2.06. The molecule has 100 valence electrons. The topological polar surface area (TPSA) is 62.7 Å². The van der Waals surface area contributed by atoms with Gasteiger partial charge in [-0.05, 0) is 38.5 Å². The molecule has 2 N–H and O–H groups in total. The van der Waals surface area contributed by atoms with Crippen molar-refractivity contribution < 1.29 is 0 Å². The van der Waals surface area contributed by atoms with Gasteiger partial charge >= 0.3 is 0 Å². The molecule has 5 nitrogen and oxygen atoms in total. The third-order valence-corrected chi connectivity index (χ3v) is 2.92. The second-order valence-corrected chi connectivity index (χ2v) is 4.91. The lowest BCUT2D eigenvalue weighted by Gasteiger charge is -2.11. The number of nitrogens with one attached hydrogen (secondary N) is 2. The van der Waals surface area contributed by atoms with Gasteiger partial charge < -0.3 is 10.6 Å². The Bertz CT molecular complexity index is 571. The Morgan fingerprint density at radius 1 is 1.26 bits per heavy atom. The maximum absolute atomic E-state index is 6.07. The van der Waals surface area contributed by atoms with Gasteiger partial charge in [-0.25, -0.2) is 0 Å². The van der Waals surface area contributed by atoms with Crippen LogP contribution < -0.4 is 10.6 Å². The standard InChI is InChI=1S/C13H16ClN5/c1-8(2)16-12-7-15-19-13(18-12)17-11-6-4-5-10(14)9(11)3/h4-8H,1-3H3,(H2,16,17,18,19). The molecule has 0 bridgehead atoms. The minimum Gasteiger partial charge on any atom is -0.366 e. The Kier molecular flexibility index (Phi) is 4.16. The first-order valence-corrected chi connectivity index (χ1v) is 6.42. The molecule has 0 radical (unpaired) electrons. The van der Waals surface area contributed by atoms with E-state index < -0.39 is 0 Å². The van der Waals surface area contributed by atoms with Gasteiger partial charge in [0.1, 0.15) is 0 Å². The summed E-state index contributed by atoms with van der Waals surface area (Å²) >= 11 is 6.07. The van der Waals surface area contributed by atoms with E-state index in [2.05, 4.69) is 25.8 Å². The molecule has 1 aromatic carbocycles. The van der Waals surface area contributed by atoms with Crippen LogP contribution in [-0.2, 0) is 0 Å². The first kappa shape index (κ1) is 13.5. The lowest BCUT2D eigenvalue weighted by atomic mass is 10.2. The fourth-order valence-corrected chi connectivity index (χ4v) is 1.76. The molecule has 0 saturated carbocycles. The monoisotopic (exact) mass is 277 g/mol. The third kappa shape index (κ3) is 3.54. The van der Waals surface area contributed by atoms with E-state index in [1.807, 2.05) is 39.0 Å². The zero-order valence-corrected chi connectivity index (χ0v) is 11.9. The Balaban J connectivity index is 2.21. The zero-order chi connectivity index (χ0) is 13.8. The van der Waals surface area contributed by atoms with Gasteiger partial charge in [-0.1, -0.05) is 17.7 Å². The molecule has 0 aliphatic heterocycles. The molecular formula is C13H16ClN5. The van der Waals surface area contributed by atoms with Crippen molar-refractivity contribution in [3.05, 3.63) is 35.0 Å². The summed E-state index contributed by atoms with van der Waals surface area (Å²) in [5.74, 6) is 1.13. The number of benzene rings is 1. The second-order valence-electron chi connectivity index (χ2n) is 4.50. The number of rotatable bonds is 4. The van der Waals surface area contributed by atoms with Crippen LogP contribution >= 0.6 is 11.6 Å². The molecule has 0 fully saturated rings. The van der Waals surface area contributed by atoms with Crippen LogP contribution in [0.25, 0.3) is 0 Å². The SMILES string of the molecule is Cc1c(Cl)cccc1Nc1nncc(NC(C)C)n1. The van der Waals surface area contributed by atoms with Crippen LogP contribution in [0, 0.1) is 6.92 Å². The first-order chi connectivity index (χ1) is 9.06. The van der Waals surface area contributed by atoms with Crippen LogP contribution in [0.4, 0.5) is 17.5 Å². The molecule has 0 aliphatic carbocycles. The summed E-state index contributed by atoms with van der Waals surface area (Å²) in [7, 11) is 0. The normalized spacial score (nSPS) is 10.6. The molecule has 0 unspecified atom stereocenters. The van der Waals surface area contributed by atoms with Crippen molar-refractivity contribution in [1.29, 1.82) is 0 Å². The van der Waals surface area contributed by atoms with Crippen LogP contribution in [-0.4, -0.2) is 21.2 Å². The highest BCUT2D eigenvalue weighted by atomic mass is 35.5. The number of hydrogen-bond donors (Lipinski definition) is 2. The van der Waals surface area contributed by atoms with Crippen molar-refractivity contribution >= 4 is 29.1 Å². The average Bonchev–Trinajstić information content (AvgIpc) is 2.35. The second kappa shape index (κ2) is 5.84. The Morgan fingerprint density at radius 3 is 2.79 bits per heavy atom. The largest absolute Gasteiger partial charge is 0.366 e. The molecule has 2 aromatic rings. The zero-order valence-electron chi connectivity index (χ0n) is 11.1. The van der Waals surface area contributed by atoms with Gasteiger partial charge in [0.2, 0.25) is 5.95 Å². The van der Waals surface area contributed by atoms with Gasteiger partial charge in [-0.3, -0.25) is 0 Å². The van der Waals surface area contributed by atoms with Crippen LogP contribution in [0.15, 0.2) is 24.4 Å². The first-order valence-electron chi connectivity index (χ1n) is 6.04. The summed E-state index contributed by atoms with van der Waals surface area (Å²) in [5, 5.41) is 14.9. The number of halogens is 1. The van der Waals surface area contributed by atoms with Crippen molar-refractivity contribution in [1.82, 2.24) is 15.2 Å². The molecular weight excluding hydrogens is 262 g/mol. The van der Waals surface area contributed by atoms with Crippen LogP contribution in [0.2, 0.25) is 5.02 Å². The molecule has 0 amide bonds. The van der Waals surface area contributed by atoms with Gasteiger partial charge in [0.05, 0.1) is 6.20 Å². The maximum Gasteiger partial charge on any atom is 0.249 e. The lowest BCUT2D eigenvalue weighted by Crippen LogP contribution is -2.12. The minimum atomic E-state index is 0.289. The summed E-state index contributed by atoms with van der Waals surface area (Å²) < 4.78 is 0. The molecule has 1 heterocycles. The molecule has 0 saturated heterocycles. The van der Waals surface area contributed by atoms with Crippen LogP contribution in [0.1, 0.15) is 19.4 Å². The van der Waals surface area contributed by atoms with Crippen LogP contribution in [0.3, 0.4) is 0 Å². The van der Waals surface area contributed by atoms with E-state index in [-0.39, 0.29) is 6.04 Å². The Hall–Kier alpha value is -1.88. The fraction of sp³-hybridized carbons (Fsp3) is 0.308. The van der Waals surface area contributed by atoms with Crippen molar-refractivity contribution in [3.8, 4) is 0 Å². The fourth-order valence-electron chi connectivity index (χ4n) is 1.59. The van der Waals surface area contributed by atoms with Crippen molar-refractivity contribution in [2.75, 3.05) is 10.6 Å². The quantitative estimate of drug-likeness (QED) is 0.897. The van der Waals surface area contributed by atoms with E-state index in [0.717, 1.165) is 11.3 Å². The maximum atomic E-state index is 6.07. The number of anilines is 3. The molecule has 0 aliphatic rings. The highest BCUT2D eigenvalue weighted by Crippen LogP contribution is 2.24. The number of nitrogens with zero attached hydrogens (tertiary/aromatic N) is 3. The lowest BCUT2D eigenvalue weighted by molar-refractivity contribution is 0.873. The van der Waals surface area contributed by atoms with Crippen molar-refractivity contribution in [3.63, 3.8) is 0 Å². The summed E-state index contributed by atoms with van der Waals surface area (Å²) in [5.41, 5.74) is 1.82. The molecule has 6 heteroatoms. The van der Waals surface area contributed by atoms with Gasteiger partial charge in [0, 0.05) is 16.8 Å². The summed E-state index contributed by atoms with van der Waals surface area (Å²) in [6.45, 7) is 6.01. The van der Waals surface area contributed by atoms with E-state index in [1.165, 1.54) is 0 Å². The van der Waals surface area contributed by atoms with Gasteiger partial charge in [0.25, 0.3) is 0 Å². The van der Waals surface area contributed by atoms with E-state index in [9.17, 15) is 0 Å². The van der Waals surface area contributed by atoms with Gasteiger partial charge in [0.15, 0.2) is 5.82 Å². The molecule has 2 rings (SSSR count). The van der Waals surface area contributed by atoms with Gasteiger partial charge in [-0.2, -0.15) is 10.1 Å². The Labute approximate surface area is 117 Å². The van der Waals surface area contributed by atoms with E-state index in [1.54, 1.807) is 6.20 Å². The van der Waals surface area contributed by atoms with E-state index in [0.29, 0.717) is 16.8 Å². The molecule has 19 heavy (non-hydrogen) atoms. The van der Waals surface area contributed by atoms with E-state index >= 15 is 0 Å². The Morgan fingerprint density at radius 2 is 2.05 bits per heavy atom. The molecule has 0 atom stereocenters. The van der Waals surface area contributed by atoms with Crippen molar-refractivity contribution in [2.24, 2.45) is 0 Å². The summed E-state index contributed by atoms with van der Waals surface area (Å²) in [6, 6.07) is 5.93. The highest BCUT2D eigenvalue weighted by molar-refractivity contribution is 6.31. The minimum absolute atomic E-state index is 0.289. The predicted molar refractivity (Wildman–Crippen MR) is 78.1 cm³/mol. The average molecular weight is 278 g/mol. The number of hydrogen-bond acceptors (Lipinski definition) is 5. The van der Waals surface area contributed by atoms with Gasteiger partial charge in [-0.15, -0.1) is 5.10 Å². The smallest absolute Gasteiger partial charge is 0.249 e. The molecule has 0 spiro atoms. The van der Waals surface area contributed by atoms with Crippen LogP contribution in [0.5, 0.6) is 0 Å². The summed E-state index contributed by atoms with van der Waals surface area (Å²) in [6.07, 6.45) is 1.59. The summed E-state index contributed by atoms with van der Waals surface area (Å²) in [4.78, 5) is 4.34. The number of aromatic nitrogens is 3.